The molecular weight excluding hydrogens is 302 g/mol. The zero-order valence-electron chi connectivity index (χ0n) is 9.06. The number of rotatable bonds is 5. The number of hydrogen-bond acceptors (Lipinski definition) is 5. The van der Waals surface area contributed by atoms with Crippen LogP contribution in [0.5, 0.6) is 0 Å². The quantitative estimate of drug-likeness (QED) is 0.833. The molecule has 0 saturated heterocycles. The highest BCUT2D eigenvalue weighted by atomic mass is 79.9. The summed E-state index contributed by atoms with van der Waals surface area (Å²) in [4.78, 5) is 1.09. The Morgan fingerprint density at radius 2 is 2.12 bits per heavy atom. The summed E-state index contributed by atoms with van der Waals surface area (Å²) >= 11 is 5.05. The zero-order chi connectivity index (χ0) is 12.1. The zero-order valence-corrected chi connectivity index (χ0v) is 11.5. The molecule has 0 saturated carbocycles. The minimum atomic E-state index is 0.182. The third-order valence-corrected chi connectivity index (χ3v) is 3.78. The van der Waals surface area contributed by atoms with E-state index >= 15 is 0 Å². The van der Waals surface area contributed by atoms with E-state index in [-0.39, 0.29) is 6.61 Å². The minimum Gasteiger partial charge on any atom is -0.396 e. The maximum absolute atomic E-state index is 8.66. The largest absolute Gasteiger partial charge is 0.396 e. The smallest absolute Gasteiger partial charge is 0.148 e. The molecule has 0 aliphatic heterocycles. The Morgan fingerprint density at radius 1 is 1.24 bits per heavy atom. The van der Waals surface area contributed by atoms with E-state index in [1.54, 1.807) is 11.3 Å². The molecule has 90 valence electrons. The number of aliphatic hydroxyl groups excluding tert-OH is 1. The second-order valence-electron chi connectivity index (χ2n) is 3.41. The number of nitrogens with one attached hydrogen (secondary N) is 1. The van der Waals surface area contributed by atoms with Gasteiger partial charge in [0.25, 0.3) is 0 Å². The fourth-order valence-corrected chi connectivity index (χ4v) is 2.66. The molecule has 2 heterocycles. The van der Waals surface area contributed by atoms with Gasteiger partial charge in [-0.05, 0) is 46.6 Å². The van der Waals surface area contributed by atoms with E-state index in [0.717, 1.165) is 20.2 Å². The van der Waals surface area contributed by atoms with E-state index in [1.807, 2.05) is 24.3 Å². The Bertz CT molecular complexity index is 472. The van der Waals surface area contributed by atoms with Crippen LogP contribution in [0.15, 0.2) is 28.1 Å². The molecule has 0 unspecified atom stereocenters. The first kappa shape index (κ1) is 12.5. The molecule has 17 heavy (non-hydrogen) atoms. The van der Waals surface area contributed by atoms with Crippen molar-refractivity contribution in [1.29, 1.82) is 0 Å². The number of aromatic nitrogens is 2. The molecule has 0 spiro atoms. The summed E-state index contributed by atoms with van der Waals surface area (Å²) in [6.45, 7) is 0.886. The average molecular weight is 314 g/mol. The Morgan fingerprint density at radius 3 is 2.71 bits per heavy atom. The average Bonchev–Trinajstić information content (AvgIpc) is 2.77. The van der Waals surface area contributed by atoms with Crippen LogP contribution in [0.2, 0.25) is 0 Å². The lowest BCUT2D eigenvalue weighted by Crippen LogP contribution is -2.05. The van der Waals surface area contributed by atoms with Crippen LogP contribution >= 0.6 is 27.3 Å². The van der Waals surface area contributed by atoms with Gasteiger partial charge in [-0.15, -0.1) is 21.5 Å². The van der Waals surface area contributed by atoms with Gasteiger partial charge in [-0.3, -0.25) is 0 Å². The first-order valence-electron chi connectivity index (χ1n) is 5.24. The molecule has 0 atom stereocenters. The highest BCUT2D eigenvalue weighted by Crippen LogP contribution is 2.29. The molecule has 6 heteroatoms. The van der Waals surface area contributed by atoms with Crippen molar-refractivity contribution in [3.63, 3.8) is 0 Å². The molecule has 0 amide bonds. The van der Waals surface area contributed by atoms with Gasteiger partial charge in [0.2, 0.25) is 0 Å². The van der Waals surface area contributed by atoms with Gasteiger partial charge in [0, 0.05) is 13.2 Å². The third kappa shape index (κ3) is 3.49. The number of hydrogen-bond donors (Lipinski definition) is 2. The van der Waals surface area contributed by atoms with Crippen LogP contribution in [0.4, 0.5) is 5.82 Å². The molecule has 0 bridgehead atoms. The molecule has 0 aliphatic carbocycles. The van der Waals surface area contributed by atoms with E-state index in [2.05, 4.69) is 31.4 Å². The highest BCUT2D eigenvalue weighted by molar-refractivity contribution is 9.11. The van der Waals surface area contributed by atoms with Crippen molar-refractivity contribution in [3.8, 4) is 10.6 Å². The van der Waals surface area contributed by atoms with Crippen LogP contribution in [0, 0.1) is 0 Å². The Labute approximate surface area is 112 Å². The molecule has 4 nitrogen and oxygen atoms in total. The molecule has 2 N–H and O–H groups in total. The van der Waals surface area contributed by atoms with Gasteiger partial charge in [-0.25, -0.2) is 0 Å². The lowest BCUT2D eigenvalue weighted by molar-refractivity contribution is 0.292. The van der Waals surface area contributed by atoms with Gasteiger partial charge >= 0.3 is 0 Å². The molecule has 0 radical (unpaired) electrons. The van der Waals surface area contributed by atoms with Gasteiger partial charge in [0.05, 0.1) is 8.66 Å². The summed E-state index contributed by atoms with van der Waals surface area (Å²) in [5.41, 5.74) is 0.869. The van der Waals surface area contributed by atoms with Crippen molar-refractivity contribution in [3.05, 3.63) is 28.1 Å². The molecule has 2 aromatic rings. The summed E-state index contributed by atoms with van der Waals surface area (Å²) in [5, 5.41) is 20.0. The van der Waals surface area contributed by atoms with Gasteiger partial charge in [-0.1, -0.05) is 0 Å². The standard InChI is InChI=1S/C11H12BrN3OS/c12-10-4-3-9(17-10)8-2-5-11(15-14-8)13-6-1-7-16/h2-5,16H,1,6-7H2,(H,13,15). The van der Waals surface area contributed by atoms with Crippen molar-refractivity contribution in [2.75, 3.05) is 18.5 Å². The molecule has 0 aliphatic rings. The van der Waals surface area contributed by atoms with Gasteiger partial charge in [0.15, 0.2) is 0 Å². The Hall–Kier alpha value is -0.980. The topological polar surface area (TPSA) is 58.0 Å². The molecule has 2 aromatic heterocycles. The van der Waals surface area contributed by atoms with E-state index in [1.165, 1.54) is 0 Å². The number of nitrogens with zero attached hydrogens (tertiary/aromatic N) is 2. The predicted octanol–water partition coefficient (Wildman–Crippen LogP) is 2.76. The summed E-state index contributed by atoms with van der Waals surface area (Å²) in [5.74, 6) is 0.734. The normalized spacial score (nSPS) is 10.5. The lowest BCUT2D eigenvalue weighted by Gasteiger charge is -2.03. The summed E-state index contributed by atoms with van der Waals surface area (Å²) in [7, 11) is 0. The fraction of sp³-hybridized carbons (Fsp3) is 0.273. The van der Waals surface area contributed by atoms with Crippen LogP contribution in [0.25, 0.3) is 10.6 Å². The minimum absolute atomic E-state index is 0.182. The van der Waals surface area contributed by atoms with Crippen LogP contribution in [0.3, 0.4) is 0 Å². The first-order chi connectivity index (χ1) is 8.29. The van der Waals surface area contributed by atoms with Crippen molar-refractivity contribution in [1.82, 2.24) is 10.2 Å². The highest BCUT2D eigenvalue weighted by Gasteiger charge is 2.03. The summed E-state index contributed by atoms with van der Waals surface area (Å²) in [6, 6.07) is 7.84. The van der Waals surface area contributed by atoms with Crippen molar-refractivity contribution < 1.29 is 5.11 Å². The maximum Gasteiger partial charge on any atom is 0.148 e. The van der Waals surface area contributed by atoms with Gasteiger partial charge in [-0.2, -0.15) is 0 Å². The Balaban J connectivity index is 2.02. The summed E-state index contributed by atoms with van der Waals surface area (Å²) < 4.78 is 1.08. The van der Waals surface area contributed by atoms with Crippen LogP contribution in [0.1, 0.15) is 6.42 Å². The van der Waals surface area contributed by atoms with Gasteiger partial charge < -0.3 is 10.4 Å². The SMILES string of the molecule is OCCCNc1ccc(-c2ccc(Br)s2)nn1. The number of halogens is 1. The van der Waals surface area contributed by atoms with Crippen LogP contribution in [-0.4, -0.2) is 28.5 Å². The molecule has 0 aromatic carbocycles. The monoisotopic (exact) mass is 313 g/mol. The number of anilines is 1. The van der Waals surface area contributed by atoms with Gasteiger partial charge in [0.1, 0.15) is 11.5 Å². The summed E-state index contributed by atoms with van der Waals surface area (Å²) in [6.07, 6.45) is 0.710. The van der Waals surface area contributed by atoms with E-state index in [0.29, 0.717) is 13.0 Å². The van der Waals surface area contributed by atoms with Crippen molar-refractivity contribution in [2.24, 2.45) is 0 Å². The fourth-order valence-electron chi connectivity index (χ4n) is 1.31. The second-order valence-corrected chi connectivity index (χ2v) is 5.87. The predicted molar refractivity (Wildman–Crippen MR) is 73.2 cm³/mol. The second kappa shape index (κ2) is 6.09. The van der Waals surface area contributed by atoms with E-state index in [4.69, 9.17) is 5.11 Å². The molecule has 0 fully saturated rings. The first-order valence-corrected chi connectivity index (χ1v) is 6.85. The Kier molecular flexibility index (Phi) is 4.47. The lowest BCUT2D eigenvalue weighted by atomic mass is 10.3. The maximum atomic E-state index is 8.66. The molecule has 2 rings (SSSR count). The molecular formula is C11H12BrN3OS. The number of thiophene rings is 1. The number of aliphatic hydroxyl groups is 1. The third-order valence-electron chi connectivity index (χ3n) is 2.13. The van der Waals surface area contributed by atoms with E-state index in [9.17, 15) is 0 Å². The van der Waals surface area contributed by atoms with Crippen molar-refractivity contribution >= 4 is 33.1 Å². The van der Waals surface area contributed by atoms with E-state index < -0.39 is 0 Å². The van der Waals surface area contributed by atoms with Crippen LogP contribution < -0.4 is 5.32 Å². The van der Waals surface area contributed by atoms with Crippen molar-refractivity contribution in [2.45, 2.75) is 6.42 Å². The van der Waals surface area contributed by atoms with Crippen LogP contribution in [-0.2, 0) is 0 Å².